The van der Waals surface area contributed by atoms with Gasteiger partial charge in [-0.05, 0) is 30.3 Å². The van der Waals surface area contributed by atoms with Gasteiger partial charge in [-0.1, -0.05) is 6.07 Å². The predicted octanol–water partition coefficient (Wildman–Crippen LogP) is 1.46. The summed E-state index contributed by atoms with van der Waals surface area (Å²) in [5, 5.41) is 15.5. The topological polar surface area (TPSA) is 148 Å². The van der Waals surface area contributed by atoms with Crippen molar-refractivity contribution < 1.29 is 22.9 Å². The number of carbonyl (C=O) groups excluding carboxylic acids is 2. The summed E-state index contributed by atoms with van der Waals surface area (Å²) in [6, 6.07) is 9.32. The first-order valence-electron chi connectivity index (χ1n) is 7.13. The number of hydrogen-bond acceptors (Lipinski definition) is 6. The average molecular weight is 378 g/mol. The number of nitro benzene ring substituents is 1. The van der Waals surface area contributed by atoms with Gasteiger partial charge in [0.05, 0.1) is 9.82 Å². The number of rotatable bonds is 5. The molecule has 0 spiro atoms. The molecule has 0 fully saturated rings. The van der Waals surface area contributed by atoms with Crippen molar-refractivity contribution in [1.82, 2.24) is 10.0 Å². The Balaban J connectivity index is 2.17. The molecule has 3 amide bonds. The summed E-state index contributed by atoms with van der Waals surface area (Å²) in [5.74, 6) is -0.999. The predicted molar refractivity (Wildman–Crippen MR) is 92.3 cm³/mol. The Morgan fingerprint density at radius 3 is 2.31 bits per heavy atom. The molecule has 0 aromatic heterocycles. The van der Waals surface area contributed by atoms with Crippen LogP contribution in [-0.4, -0.2) is 32.3 Å². The van der Waals surface area contributed by atoms with Crippen molar-refractivity contribution in [1.29, 1.82) is 0 Å². The van der Waals surface area contributed by atoms with E-state index in [1.807, 2.05) is 4.72 Å². The Morgan fingerprint density at radius 2 is 1.73 bits per heavy atom. The third-order valence-corrected chi connectivity index (χ3v) is 4.54. The second kappa shape index (κ2) is 7.61. The Labute approximate surface area is 148 Å². The van der Waals surface area contributed by atoms with E-state index in [9.17, 15) is 28.1 Å². The van der Waals surface area contributed by atoms with Gasteiger partial charge in [0.1, 0.15) is 0 Å². The molecule has 10 nitrogen and oxygen atoms in total. The van der Waals surface area contributed by atoms with E-state index in [2.05, 4.69) is 10.6 Å². The highest BCUT2D eigenvalue weighted by molar-refractivity contribution is 7.90. The van der Waals surface area contributed by atoms with Gasteiger partial charge >= 0.3 is 6.03 Å². The lowest BCUT2D eigenvalue weighted by atomic mass is 10.2. The maximum absolute atomic E-state index is 12.3. The molecule has 0 unspecified atom stereocenters. The maximum Gasteiger partial charge on any atom is 0.318 e. The zero-order valence-electron chi connectivity index (χ0n) is 13.4. The molecule has 0 atom stereocenters. The lowest BCUT2D eigenvalue weighted by Crippen LogP contribution is -2.30. The van der Waals surface area contributed by atoms with Crippen molar-refractivity contribution >= 4 is 33.3 Å². The summed E-state index contributed by atoms with van der Waals surface area (Å²) in [7, 11) is -2.76. The number of urea groups is 1. The molecule has 0 heterocycles. The van der Waals surface area contributed by atoms with Crippen molar-refractivity contribution in [2.24, 2.45) is 0 Å². The lowest BCUT2D eigenvalue weighted by Gasteiger charge is -2.08. The minimum absolute atomic E-state index is 0.166. The highest BCUT2D eigenvalue weighted by atomic mass is 32.2. The van der Waals surface area contributed by atoms with Gasteiger partial charge in [0, 0.05) is 30.4 Å². The summed E-state index contributed by atoms with van der Waals surface area (Å²) in [4.78, 5) is 33.1. The summed E-state index contributed by atoms with van der Waals surface area (Å²) in [6.07, 6.45) is 0. The molecular weight excluding hydrogens is 364 g/mol. The molecule has 0 aliphatic heterocycles. The number of benzene rings is 2. The van der Waals surface area contributed by atoms with Gasteiger partial charge in [0.2, 0.25) is 0 Å². The minimum atomic E-state index is -4.19. The highest BCUT2D eigenvalue weighted by Gasteiger charge is 2.20. The van der Waals surface area contributed by atoms with Crippen LogP contribution in [-0.2, 0) is 10.0 Å². The van der Waals surface area contributed by atoms with Crippen LogP contribution in [0.1, 0.15) is 10.4 Å². The summed E-state index contributed by atoms with van der Waals surface area (Å²) < 4.78 is 26.4. The summed E-state index contributed by atoms with van der Waals surface area (Å²) >= 11 is 0. The van der Waals surface area contributed by atoms with Crippen molar-refractivity contribution in [2.45, 2.75) is 4.90 Å². The first-order chi connectivity index (χ1) is 12.2. The standard InChI is InChI=1S/C15H14N4O6S/c1-16-15(21)17-11-5-7-13(8-6-11)26(24,25)18-14(20)10-3-2-4-12(9-10)19(22)23/h2-9H,1H3,(H,18,20)(H2,16,17,21). The Kier molecular flexibility index (Phi) is 5.52. The van der Waals surface area contributed by atoms with Gasteiger partial charge in [0.15, 0.2) is 0 Å². The van der Waals surface area contributed by atoms with E-state index < -0.39 is 26.9 Å². The smallest absolute Gasteiger partial charge is 0.318 e. The fourth-order valence-corrected chi connectivity index (χ4v) is 2.89. The number of nitrogens with zero attached hydrogens (tertiary/aromatic N) is 1. The van der Waals surface area contributed by atoms with Crippen LogP contribution >= 0.6 is 0 Å². The summed E-state index contributed by atoms with van der Waals surface area (Å²) in [5.41, 5.74) is -0.145. The fraction of sp³-hybridized carbons (Fsp3) is 0.0667. The molecule has 0 bridgehead atoms. The Hall–Kier alpha value is -3.47. The fourth-order valence-electron chi connectivity index (χ4n) is 1.91. The van der Waals surface area contributed by atoms with E-state index in [1.54, 1.807) is 0 Å². The van der Waals surface area contributed by atoms with Crippen molar-refractivity contribution in [2.75, 3.05) is 12.4 Å². The maximum atomic E-state index is 12.3. The number of nitrogens with one attached hydrogen (secondary N) is 3. The Morgan fingerprint density at radius 1 is 1.08 bits per heavy atom. The van der Waals surface area contributed by atoms with Crippen molar-refractivity contribution in [3.63, 3.8) is 0 Å². The van der Waals surface area contributed by atoms with E-state index in [-0.39, 0.29) is 16.1 Å². The molecular formula is C15H14N4O6S. The number of nitro groups is 1. The van der Waals surface area contributed by atoms with Gasteiger partial charge in [-0.25, -0.2) is 17.9 Å². The molecule has 26 heavy (non-hydrogen) atoms. The zero-order chi connectivity index (χ0) is 19.3. The van der Waals surface area contributed by atoms with Gasteiger partial charge in [-0.3, -0.25) is 14.9 Å². The number of amides is 3. The van der Waals surface area contributed by atoms with Crippen molar-refractivity contribution in [3.05, 3.63) is 64.2 Å². The van der Waals surface area contributed by atoms with Gasteiger partial charge < -0.3 is 10.6 Å². The van der Waals surface area contributed by atoms with Crippen molar-refractivity contribution in [3.8, 4) is 0 Å². The first-order valence-corrected chi connectivity index (χ1v) is 8.61. The quantitative estimate of drug-likeness (QED) is 0.530. The highest BCUT2D eigenvalue weighted by Crippen LogP contribution is 2.16. The molecule has 11 heteroatoms. The molecule has 0 radical (unpaired) electrons. The van der Waals surface area contributed by atoms with Crippen LogP contribution in [0, 0.1) is 10.1 Å². The van der Waals surface area contributed by atoms with E-state index in [1.165, 1.54) is 49.5 Å². The van der Waals surface area contributed by atoms with Gasteiger partial charge in [0.25, 0.3) is 21.6 Å². The molecule has 2 aromatic rings. The van der Waals surface area contributed by atoms with Crippen LogP contribution in [0.3, 0.4) is 0 Å². The lowest BCUT2D eigenvalue weighted by molar-refractivity contribution is -0.384. The number of carbonyl (C=O) groups is 2. The van der Waals surface area contributed by atoms with Crippen LogP contribution in [0.5, 0.6) is 0 Å². The van der Waals surface area contributed by atoms with Gasteiger partial charge in [-0.15, -0.1) is 0 Å². The second-order valence-corrected chi connectivity index (χ2v) is 6.65. The number of sulfonamides is 1. The van der Waals surface area contributed by atoms with E-state index in [4.69, 9.17) is 0 Å². The number of non-ortho nitro benzene ring substituents is 1. The Bertz CT molecular complexity index is 956. The van der Waals surface area contributed by atoms with Crippen LogP contribution in [0.15, 0.2) is 53.4 Å². The molecule has 0 saturated heterocycles. The van der Waals surface area contributed by atoms with Gasteiger partial charge in [-0.2, -0.15) is 0 Å². The van der Waals surface area contributed by atoms with Crippen LogP contribution in [0.4, 0.5) is 16.2 Å². The second-order valence-electron chi connectivity index (χ2n) is 4.97. The molecule has 0 aliphatic carbocycles. The summed E-state index contributed by atoms with van der Waals surface area (Å²) in [6.45, 7) is 0. The molecule has 0 saturated carbocycles. The SMILES string of the molecule is CNC(=O)Nc1ccc(S(=O)(=O)NC(=O)c2cccc([N+](=O)[O-])c2)cc1. The van der Waals surface area contributed by atoms with E-state index in [0.29, 0.717) is 5.69 Å². The zero-order valence-corrected chi connectivity index (χ0v) is 14.2. The van der Waals surface area contributed by atoms with E-state index >= 15 is 0 Å². The third-order valence-electron chi connectivity index (χ3n) is 3.20. The third kappa shape index (κ3) is 4.54. The minimum Gasteiger partial charge on any atom is -0.341 e. The number of hydrogen-bond donors (Lipinski definition) is 3. The monoisotopic (exact) mass is 378 g/mol. The normalized spacial score (nSPS) is 10.7. The van der Waals surface area contributed by atoms with E-state index in [0.717, 1.165) is 6.07 Å². The largest absolute Gasteiger partial charge is 0.341 e. The molecule has 2 rings (SSSR count). The van der Waals surface area contributed by atoms with Crippen LogP contribution in [0.25, 0.3) is 0 Å². The molecule has 136 valence electrons. The molecule has 2 aromatic carbocycles. The van der Waals surface area contributed by atoms with Crippen LogP contribution in [0.2, 0.25) is 0 Å². The average Bonchev–Trinajstić information content (AvgIpc) is 2.61. The number of anilines is 1. The molecule has 0 aliphatic rings. The molecule has 3 N–H and O–H groups in total. The first kappa shape index (κ1) is 18.9. The van der Waals surface area contributed by atoms with Crippen LogP contribution < -0.4 is 15.4 Å².